The Morgan fingerprint density at radius 3 is 3.10 bits per heavy atom. The highest BCUT2D eigenvalue weighted by Gasteiger charge is 2.19. The first-order valence-corrected chi connectivity index (χ1v) is 7.40. The lowest BCUT2D eigenvalue weighted by molar-refractivity contribution is -0.384. The van der Waals surface area contributed by atoms with Crippen LogP contribution in [0.15, 0.2) is 22.6 Å². The minimum atomic E-state index is -0.432. The van der Waals surface area contributed by atoms with Gasteiger partial charge in [-0.25, -0.2) is 0 Å². The van der Waals surface area contributed by atoms with Crippen LogP contribution in [0.3, 0.4) is 0 Å². The van der Waals surface area contributed by atoms with Crippen LogP contribution in [-0.4, -0.2) is 16.5 Å². The van der Waals surface area contributed by atoms with Crippen molar-refractivity contribution in [3.05, 3.63) is 28.3 Å². The van der Waals surface area contributed by atoms with Gasteiger partial charge in [-0.3, -0.25) is 10.1 Å². The topological polar surface area (TPSA) is 81.2 Å². The first kappa shape index (κ1) is 13.9. The van der Waals surface area contributed by atoms with Crippen molar-refractivity contribution in [2.75, 3.05) is 11.9 Å². The number of nitro benzene ring substituents is 1. The summed E-state index contributed by atoms with van der Waals surface area (Å²) in [4.78, 5) is 14.6. The number of anilines is 1. The number of hydrogen-bond donors (Lipinski definition) is 1. The molecular formula is C15H19N3O3. The summed E-state index contributed by atoms with van der Waals surface area (Å²) in [6, 6.07) is 4.92. The summed E-state index contributed by atoms with van der Waals surface area (Å²) in [5.41, 5.74) is 1.11. The van der Waals surface area contributed by atoms with Crippen molar-refractivity contribution in [3.63, 3.8) is 0 Å². The molecule has 2 unspecified atom stereocenters. The zero-order valence-corrected chi connectivity index (χ0v) is 12.0. The predicted octanol–water partition coefficient (Wildman–Crippen LogP) is 3.97. The van der Waals surface area contributed by atoms with E-state index in [0.717, 1.165) is 12.5 Å². The summed E-state index contributed by atoms with van der Waals surface area (Å²) in [6.45, 7) is 3.14. The highest BCUT2D eigenvalue weighted by Crippen LogP contribution is 2.29. The molecule has 1 aromatic carbocycles. The Kier molecular flexibility index (Phi) is 3.77. The van der Waals surface area contributed by atoms with E-state index in [1.807, 2.05) is 0 Å². The highest BCUT2D eigenvalue weighted by molar-refractivity contribution is 5.77. The summed E-state index contributed by atoms with van der Waals surface area (Å²) in [5.74, 6) is 1.44. The quantitative estimate of drug-likeness (QED) is 0.680. The molecule has 3 rings (SSSR count). The molecule has 6 heteroatoms. The Bertz CT molecular complexity index is 653. The van der Waals surface area contributed by atoms with Crippen molar-refractivity contribution in [2.24, 2.45) is 11.8 Å². The number of nitrogens with zero attached hydrogens (tertiary/aromatic N) is 2. The van der Waals surface area contributed by atoms with Crippen LogP contribution in [0.5, 0.6) is 0 Å². The fourth-order valence-electron chi connectivity index (χ4n) is 3.08. The normalized spacial score (nSPS) is 22.3. The second-order valence-corrected chi connectivity index (χ2v) is 5.95. The molecule has 0 aliphatic heterocycles. The van der Waals surface area contributed by atoms with E-state index in [4.69, 9.17) is 4.42 Å². The summed E-state index contributed by atoms with van der Waals surface area (Å²) >= 11 is 0. The van der Waals surface area contributed by atoms with Gasteiger partial charge in [-0.1, -0.05) is 19.8 Å². The van der Waals surface area contributed by atoms with E-state index in [1.54, 1.807) is 6.07 Å². The Morgan fingerprint density at radius 2 is 2.33 bits per heavy atom. The SMILES string of the molecule is CC1CCCC(CNc2nc3ccc([N+](=O)[O-])cc3o2)C1. The molecule has 0 amide bonds. The number of oxazole rings is 1. The third-order valence-corrected chi connectivity index (χ3v) is 4.17. The smallest absolute Gasteiger partial charge is 0.295 e. The van der Waals surface area contributed by atoms with Gasteiger partial charge in [0, 0.05) is 12.6 Å². The largest absolute Gasteiger partial charge is 0.423 e. The minimum Gasteiger partial charge on any atom is -0.423 e. The molecule has 1 aliphatic carbocycles. The first-order valence-electron chi connectivity index (χ1n) is 7.40. The van der Waals surface area contributed by atoms with Crippen molar-refractivity contribution in [3.8, 4) is 0 Å². The zero-order valence-electron chi connectivity index (χ0n) is 12.0. The van der Waals surface area contributed by atoms with E-state index in [2.05, 4.69) is 17.2 Å². The number of benzene rings is 1. The number of aromatic nitrogens is 1. The fourth-order valence-corrected chi connectivity index (χ4v) is 3.08. The molecule has 1 saturated carbocycles. The van der Waals surface area contributed by atoms with Crippen LogP contribution in [0.25, 0.3) is 11.1 Å². The van der Waals surface area contributed by atoms with Crippen molar-refractivity contribution < 1.29 is 9.34 Å². The van der Waals surface area contributed by atoms with Gasteiger partial charge in [-0.15, -0.1) is 0 Å². The van der Waals surface area contributed by atoms with Crippen molar-refractivity contribution in [1.29, 1.82) is 0 Å². The number of fused-ring (bicyclic) bond motifs is 1. The van der Waals surface area contributed by atoms with Crippen molar-refractivity contribution in [1.82, 2.24) is 4.98 Å². The molecule has 1 N–H and O–H groups in total. The van der Waals surface area contributed by atoms with Crippen LogP contribution < -0.4 is 5.32 Å². The van der Waals surface area contributed by atoms with Gasteiger partial charge in [0.2, 0.25) is 0 Å². The van der Waals surface area contributed by atoms with Crippen LogP contribution >= 0.6 is 0 Å². The number of non-ortho nitro benzene ring substituents is 1. The molecule has 0 saturated heterocycles. The third-order valence-electron chi connectivity index (χ3n) is 4.17. The molecule has 0 bridgehead atoms. The monoisotopic (exact) mass is 289 g/mol. The molecule has 1 fully saturated rings. The highest BCUT2D eigenvalue weighted by atomic mass is 16.6. The van der Waals surface area contributed by atoms with Gasteiger partial charge in [-0.05, 0) is 30.7 Å². The van der Waals surface area contributed by atoms with Gasteiger partial charge in [0.1, 0.15) is 5.52 Å². The van der Waals surface area contributed by atoms with Crippen LogP contribution in [0.4, 0.5) is 11.7 Å². The Balaban J connectivity index is 1.68. The van der Waals surface area contributed by atoms with Gasteiger partial charge in [0.25, 0.3) is 11.7 Å². The average molecular weight is 289 g/mol. The molecular weight excluding hydrogens is 270 g/mol. The molecule has 112 valence electrons. The Labute approximate surface area is 122 Å². The second kappa shape index (κ2) is 5.71. The van der Waals surface area contributed by atoms with E-state index < -0.39 is 4.92 Å². The number of rotatable bonds is 4. The third kappa shape index (κ3) is 3.15. The van der Waals surface area contributed by atoms with E-state index >= 15 is 0 Å². The van der Waals surface area contributed by atoms with Gasteiger partial charge in [0.15, 0.2) is 5.58 Å². The molecule has 6 nitrogen and oxygen atoms in total. The van der Waals surface area contributed by atoms with Gasteiger partial charge >= 0.3 is 0 Å². The maximum Gasteiger partial charge on any atom is 0.295 e. The Morgan fingerprint density at radius 1 is 1.48 bits per heavy atom. The van der Waals surface area contributed by atoms with Crippen LogP contribution in [0.2, 0.25) is 0 Å². The first-order chi connectivity index (χ1) is 10.1. The van der Waals surface area contributed by atoms with E-state index in [9.17, 15) is 10.1 Å². The van der Waals surface area contributed by atoms with Gasteiger partial charge in [0.05, 0.1) is 11.0 Å². The molecule has 0 spiro atoms. The lowest BCUT2D eigenvalue weighted by Gasteiger charge is -2.26. The molecule has 1 aliphatic rings. The van der Waals surface area contributed by atoms with Gasteiger partial charge < -0.3 is 9.73 Å². The van der Waals surface area contributed by atoms with Crippen LogP contribution in [0, 0.1) is 22.0 Å². The van der Waals surface area contributed by atoms with Crippen molar-refractivity contribution in [2.45, 2.75) is 32.6 Å². The maximum atomic E-state index is 10.7. The number of nitro groups is 1. The zero-order chi connectivity index (χ0) is 14.8. The molecule has 0 radical (unpaired) electrons. The van der Waals surface area contributed by atoms with Crippen LogP contribution in [-0.2, 0) is 0 Å². The van der Waals surface area contributed by atoms with Gasteiger partial charge in [-0.2, -0.15) is 4.98 Å². The number of hydrogen-bond acceptors (Lipinski definition) is 5. The fraction of sp³-hybridized carbons (Fsp3) is 0.533. The lowest BCUT2D eigenvalue weighted by Crippen LogP contribution is -2.21. The molecule has 1 heterocycles. The molecule has 21 heavy (non-hydrogen) atoms. The minimum absolute atomic E-state index is 0.0197. The second-order valence-electron chi connectivity index (χ2n) is 5.95. The Hall–Kier alpha value is -2.11. The summed E-state index contributed by atoms with van der Waals surface area (Å²) in [7, 11) is 0. The molecule has 1 aromatic heterocycles. The maximum absolute atomic E-state index is 10.7. The van der Waals surface area contributed by atoms with E-state index in [1.165, 1.54) is 37.8 Å². The summed E-state index contributed by atoms with van der Waals surface area (Å²) in [6.07, 6.45) is 5.08. The lowest BCUT2D eigenvalue weighted by atomic mass is 9.82. The van der Waals surface area contributed by atoms with E-state index in [0.29, 0.717) is 23.0 Å². The van der Waals surface area contributed by atoms with Crippen molar-refractivity contribution >= 4 is 22.8 Å². The average Bonchev–Trinajstić information content (AvgIpc) is 2.87. The number of nitrogens with one attached hydrogen (secondary N) is 1. The van der Waals surface area contributed by atoms with E-state index in [-0.39, 0.29) is 5.69 Å². The molecule has 2 aromatic rings. The summed E-state index contributed by atoms with van der Waals surface area (Å²) < 4.78 is 5.55. The standard InChI is InChI=1S/C15H19N3O3/c1-10-3-2-4-11(7-10)9-16-15-17-13-6-5-12(18(19)20)8-14(13)21-15/h5-6,8,10-11H,2-4,7,9H2,1H3,(H,16,17). The summed E-state index contributed by atoms with van der Waals surface area (Å²) in [5, 5.41) is 14.0. The predicted molar refractivity (Wildman–Crippen MR) is 80.3 cm³/mol. The van der Waals surface area contributed by atoms with Crippen LogP contribution in [0.1, 0.15) is 32.6 Å². The molecule has 2 atom stereocenters.